The summed E-state index contributed by atoms with van der Waals surface area (Å²) in [6, 6.07) is 7.05. The van der Waals surface area contributed by atoms with Gasteiger partial charge >= 0.3 is 0 Å². The van der Waals surface area contributed by atoms with Gasteiger partial charge in [-0.05, 0) is 42.3 Å². The molecule has 0 radical (unpaired) electrons. The molecule has 0 atom stereocenters. The second-order valence-corrected chi connectivity index (χ2v) is 4.62. The molecule has 0 saturated heterocycles. The number of rotatable bonds is 1. The van der Waals surface area contributed by atoms with Gasteiger partial charge in [0.05, 0.1) is 11.5 Å². The Morgan fingerprint density at radius 2 is 2.11 bits per heavy atom. The van der Waals surface area contributed by atoms with E-state index in [0.717, 1.165) is 41.5 Å². The van der Waals surface area contributed by atoms with Crippen LogP contribution in [0.3, 0.4) is 0 Å². The minimum atomic E-state index is -0.362. The minimum absolute atomic E-state index is 0.126. The molecule has 0 amide bonds. The number of ether oxygens (including phenoxy) is 1. The van der Waals surface area contributed by atoms with E-state index in [1.54, 1.807) is 18.2 Å². The van der Waals surface area contributed by atoms with Gasteiger partial charge < -0.3 is 4.74 Å². The van der Waals surface area contributed by atoms with E-state index in [1.807, 2.05) is 6.92 Å². The van der Waals surface area contributed by atoms with Crippen LogP contribution in [0.25, 0.3) is 10.8 Å². The van der Waals surface area contributed by atoms with Crippen LogP contribution >= 0.6 is 0 Å². The molecule has 92 valence electrons. The molecule has 0 aliphatic carbocycles. The van der Waals surface area contributed by atoms with Gasteiger partial charge in [-0.15, -0.1) is 0 Å². The van der Waals surface area contributed by atoms with Crippen LogP contribution in [-0.4, -0.2) is 11.5 Å². The standard InChI is InChI=1S/C14H13NO3/c1-9-7-10-3-2-6-18-14(10)12-5-4-11(15(16)17)8-13(9)12/h4-5,7-8H,2-3,6H2,1H3. The Bertz CT molecular complexity index is 649. The second-order valence-electron chi connectivity index (χ2n) is 4.62. The van der Waals surface area contributed by atoms with E-state index >= 15 is 0 Å². The highest BCUT2D eigenvalue weighted by Crippen LogP contribution is 2.37. The van der Waals surface area contributed by atoms with Crippen molar-refractivity contribution in [2.75, 3.05) is 6.61 Å². The maximum absolute atomic E-state index is 10.8. The maximum Gasteiger partial charge on any atom is 0.270 e. The van der Waals surface area contributed by atoms with E-state index in [0.29, 0.717) is 0 Å². The molecular weight excluding hydrogens is 230 g/mol. The van der Waals surface area contributed by atoms with Crippen LogP contribution in [-0.2, 0) is 6.42 Å². The number of fused-ring (bicyclic) bond motifs is 3. The number of hydrogen-bond donors (Lipinski definition) is 0. The summed E-state index contributed by atoms with van der Waals surface area (Å²) in [6.07, 6.45) is 2.05. The molecule has 0 unspecified atom stereocenters. The van der Waals surface area contributed by atoms with Crippen LogP contribution in [0.5, 0.6) is 5.75 Å². The molecule has 4 heteroatoms. The third-order valence-electron chi connectivity index (χ3n) is 3.40. The van der Waals surface area contributed by atoms with Gasteiger partial charge in [0.1, 0.15) is 5.75 Å². The molecule has 2 aromatic carbocycles. The number of benzene rings is 2. The van der Waals surface area contributed by atoms with Crippen molar-refractivity contribution in [2.45, 2.75) is 19.8 Å². The molecule has 4 nitrogen and oxygen atoms in total. The van der Waals surface area contributed by atoms with Gasteiger partial charge in [-0.3, -0.25) is 10.1 Å². The predicted octanol–water partition coefficient (Wildman–Crippen LogP) is 3.38. The number of nitrogens with zero attached hydrogens (tertiary/aromatic N) is 1. The fraction of sp³-hybridized carbons (Fsp3) is 0.286. The van der Waals surface area contributed by atoms with Crippen molar-refractivity contribution in [1.82, 2.24) is 0 Å². The number of aryl methyl sites for hydroxylation is 2. The average Bonchev–Trinajstić information content (AvgIpc) is 2.38. The third kappa shape index (κ3) is 1.61. The Hall–Kier alpha value is -2.10. The van der Waals surface area contributed by atoms with E-state index in [1.165, 1.54) is 5.56 Å². The Kier molecular flexibility index (Phi) is 2.44. The Morgan fingerprint density at radius 3 is 2.89 bits per heavy atom. The molecule has 0 fully saturated rings. The van der Waals surface area contributed by atoms with Crippen LogP contribution in [0.1, 0.15) is 17.5 Å². The highest BCUT2D eigenvalue weighted by Gasteiger charge is 2.17. The van der Waals surface area contributed by atoms with E-state index in [4.69, 9.17) is 4.74 Å². The zero-order valence-corrected chi connectivity index (χ0v) is 10.1. The first-order valence-electron chi connectivity index (χ1n) is 6.00. The minimum Gasteiger partial charge on any atom is -0.493 e. The normalized spacial score (nSPS) is 14.1. The molecule has 1 aliphatic heterocycles. The molecule has 0 bridgehead atoms. The van der Waals surface area contributed by atoms with Crippen LogP contribution < -0.4 is 4.74 Å². The summed E-state index contributed by atoms with van der Waals surface area (Å²) < 4.78 is 5.72. The average molecular weight is 243 g/mol. The molecule has 2 aromatic rings. The van der Waals surface area contributed by atoms with Gasteiger partial charge in [0.25, 0.3) is 5.69 Å². The number of nitro benzene ring substituents is 1. The van der Waals surface area contributed by atoms with E-state index in [2.05, 4.69) is 6.07 Å². The summed E-state index contributed by atoms with van der Waals surface area (Å²) >= 11 is 0. The number of non-ortho nitro benzene ring substituents is 1. The summed E-state index contributed by atoms with van der Waals surface area (Å²) in [7, 11) is 0. The summed E-state index contributed by atoms with van der Waals surface area (Å²) in [5.74, 6) is 0.900. The predicted molar refractivity (Wildman–Crippen MR) is 69.2 cm³/mol. The second kappa shape index (κ2) is 3.98. The topological polar surface area (TPSA) is 52.4 Å². The summed E-state index contributed by atoms with van der Waals surface area (Å²) in [4.78, 5) is 10.5. The molecule has 0 saturated carbocycles. The third-order valence-corrected chi connectivity index (χ3v) is 3.40. The molecule has 18 heavy (non-hydrogen) atoms. The lowest BCUT2D eigenvalue weighted by Gasteiger charge is -2.20. The largest absolute Gasteiger partial charge is 0.493 e. The smallest absolute Gasteiger partial charge is 0.270 e. The van der Waals surface area contributed by atoms with Crippen LogP contribution in [0.4, 0.5) is 5.69 Å². The molecular formula is C14H13NO3. The lowest BCUT2D eigenvalue weighted by Crippen LogP contribution is -2.09. The molecule has 0 aromatic heterocycles. The van der Waals surface area contributed by atoms with Crippen molar-refractivity contribution in [3.8, 4) is 5.75 Å². The highest BCUT2D eigenvalue weighted by atomic mass is 16.6. The molecule has 0 spiro atoms. The first kappa shape index (κ1) is 11.0. The van der Waals surface area contributed by atoms with Crippen molar-refractivity contribution < 1.29 is 9.66 Å². The highest BCUT2D eigenvalue weighted by molar-refractivity contribution is 5.93. The summed E-state index contributed by atoms with van der Waals surface area (Å²) in [5.41, 5.74) is 2.40. The monoisotopic (exact) mass is 243 g/mol. The van der Waals surface area contributed by atoms with Crippen molar-refractivity contribution in [3.05, 3.63) is 45.5 Å². The Morgan fingerprint density at radius 1 is 1.28 bits per heavy atom. The summed E-state index contributed by atoms with van der Waals surface area (Å²) in [6.45, 7) is 2.71. The zero-order valence-electron chi connectivity index (χ0n) is 10.1. The SMILES string of the molecule is Cc1cc2c(c3ccc([N+](=O)[O-])cc13)OCCC2. The zero-order chi connectivity index (χ0) is 12.7. The van der Waals surface area contributed by atoms with E-state index in [-0.39, 0.29) is 10.6 Å². The Balaban J connectivity index is 2.31. The number of nitro groups is 1. The first-order valence-corrected chi connectivity index (χ1v) is 6.00. The van der Waals surface area contributed by atoms with E-state index < -0.39 is 0 Å². The van der Waals surface area contributed by atoms with Crippen LogP contribution in [0.15, 0.2) is 24.3 Å². The van der Waals surface area contributed by atoms with Gasteiger partial charge in [-0.1, -0.05) is 6.07 Å². The molecule has 3 rings (SSSR count). The van der Waals surface area contributed by atoms with Gasteiger partial charge in [0.15, 0.2) is 0 Å². The van der Waals surface area contributed by atoms with Gasteiger partial charge in [0.2, 0.25) is 0 Å². The van der Waals surface area contributed by atoms with E-state index in [9.17, 15) is 10.1 Å². The lowest BCUT2D eigenvalue weighted by molar-refractivity contribution is -0.384. The maximum atomic E-state index is 10.8. The molecule has 1 heterocycles. The first-order chi connectivity index (χ1) is 8.66. The quantitative estimate of drug-likeness (QED) is 0.570. The summed E-state index contributed by atoms with van der Waals surface area (Å²) in [5, 5.41) is 12.7. The van der Waals surface area contributed by atoms with Gasteiger partial charge in [-0.25, -0.2) is 0 Å². The van der Waals surface area contributed by atoms with Crippen LogP contribution in [0.2, 0.25) is 0 Å². The van der Waals surface area contributed by atoms with Crippen molar-refractivity contribution in [2.24, 2.45) is 0 Å². The van der Waals surface area contributed by atoms with Gasteiger partial charge in [0, 0.05) is 17.5 Å². The fourth-order valence-corrected chi connectivity index (χ4v) is 2.54. The van der Waals surface area contributed by atoms with Crippen molar-refractivity contribution >= 4 is 16.5 Å². The lowest BCUT2D eigenvalue weighted by atomic mass is 9.96. The fourth-order valence-electron chi connectivity index (χ4n) is 2.54. The van der Waals surface area contributed by atoms with Crippen molar-refractivity contribution in [3.63, 3.8) is 0 Å². The Labute approximate surface area is 104 Å². The molecule has 0 N–H and O–H groups in total. The van der Waals surface area contributed by atoms with Crippen molar-refractivity contribution in [1.29, 1.82) is 0 Å². The number of hydrogen-bond acceptors (Lipinski definition) is 3. The van der Waals surface area contributed by atoms with Gasteiger partial charge in [-0.2, -0.15) is 0 Å². The molecule has 1 aliphatic rings. The van der Waals surface area contributed by atoms with Crippen LogP contribution in [0, 0.1) is 17.0 Å².